The molecule has 0 saturated heterocycles. The SMILES string of the molecule is CC(C)NCC(=O)Nc1ccc2c(c1)OCCO2. The van der Waals surface area contributed by atoms with E-state index in [0.717, 1.165) is 11.4 Å². The van der Waals surface area contributed by atoms with E-state index in [9.17, 15) is 4.79 Å². The number of benzene rings is 1. The fraction of sp³-hybridized carbons (Fsp3) is 0.462. The minimum atomic E-state index is -0.0691. The molecule has 1 amide bonds. The molecule has 0 unspecified atom stereocenters. The van der Waals surface area contributed by atoms with Gasteiger partial charge in [-0.3, -0.25) is 4.79 Å². The van der Waals surface area contributed by atoms with Gasteiger partial charge in [0.15, 0.2) is 11.5 Å². The standard InChI is InChI=1S/C13H18N2O3/c1-9(2)14-8-13(16)15-10-3-4-11-12(7-10)18-6-5-17-11/h3-4,7,9,14H,5-6,8H2,1-2H3,(H,15,16). The summed E-state index contributed by atoms with van der Waals surface area (Å²) in [5.41, 5.74) is 0.717. The van der Waals surface area contributed by atoms with Crippen LogP contribution in [0.25, 0.3) is 0 Å². The third-order valence-corrected chi connectivity index (χ3v) is 2.50. The largest absolute Gasteiger partial charge is 0.486 e. The van der Waals surface area contributed by atoms with E-state index < -0.39 is 0 Å². The van der Waals surface area contributed by atoms with Crippen molar-refractivity contribution < 1.29 is 14.3 Å². The van der Waals surface area contributed by atoms with Crippen LogP contribution in [-0.4, -0.2) is 31.7 Å². The molecular weight excluding hydrogens is 232 g/mol. The summed E-state index contributed by atoms with van der Waals surface area (Å²) in [5, 5.41) is 5.87. The van der Waals surface area contributed by atoms with Crippen molar-refractivity contribution in [1.82, 2.24) is 5.32 Å². The number of hydrogen-bond donors (Lipinski definition) is 2. The first kappa shape index (κ1) is 12.7. The molecule has 5 nitrogen and oxygen atoms in total. The zero-order valence-electron chi connectivity index (χ0n) is 10.7. The summed E-state index contributed by atoms with van der Waals surface area (Å²) in [4.78, 5) is 11.6. The van der Waals surface area contributed by atoms with E-state index in [1.54, 1.807) is 18.2 Å². The van der Waals surface area contributed by atoms with Crippen LogP contribution < -0.4 is 20.1 Å². The van der Waals surface area contributed by atoms with E-state index in [2.05, 4.69) is 10.6 Å². The number of rotatable bonds is 4. The van der Waals surface area contributed by atoms with Gasteiger partial charge in [0.05, 0.1) is 6.54 Å². The van der Waals surface area contributed by atoms with Crippen molar-refractivity contribution in [3.63, 3.8) is 0 Å². The number of amides is 1. The van der Waals surface area contributed by atoms with Gasteiger partial charge in [0.25, 0.3) is 0 Å². The maximum Gasteiger partial charge on any atom is 0.238 e. The Balaban J connectivity index is 1.95. The smallest absolute Gasteiger partial charge is 0.238 e. The predicted molar refractivity (Wildman–Crippen MR) is 69.2 cm³/mol. The average molecular weight is 250 g/mol. The van der Waals surface area contributed by atoms with Gasteiger partial charge >= 0.3 is 0 Å². The first-order chi connectivity index (χ1) is 8.65. The summed E-state index contributed by atoms with van der Waals surface area (Å²) in [6.07, 6.45) is 0. The number of ether oxygens (including phenoxy) is 2. The van der Waals surface area contributed by atoms with Crippen molar-refractivity contribution in [3.05, 3.63) is 18.2 Å². The van der Waals surface area contributed by atoms with Crippen LogP contribution in [0.5, 0.6) is 11.5 Å². The van der Waals surface area contributed by atoms with Crippen LogP contribution in [-0.2, 0) is 4.79 Å². The van der Waals surface area contributed by atoms with Crippen LogP contribution in [0.1, 0.15) is 13.8 Å². The third kappa shape index (κ3) is 3.37. The fourth-order valence-corrected chi connectivity index (χ4v) is 1.62. The maximum absolute atomic E-state index is 11.6. The lowest BCUT2D eigenvalue weighted by Gasteiger charge is -2.19. The van der Waals surface area contributed by atoms with Crippen molar-refractivity contribution in [2.45, 2.75) is 19.9 Å². The number of anilines is 1. The van der Waals surface area contributed by atoms with Gasteiger partial charge in [-0.25, -0.2) is 0 Å². The van der Waals surface area contributed by atoms with E-state index in [-0.39, 0.29) is 11.9 Å². The van der Waals surface area contributed by atoms with Crippen LogP contribution in [0.15, 0.2) is 18.2 Å². The first-order valence-electron chi connectivity index (χ1n) is 6.08. The number of carbonyl (C=O) groups is 1. The Kier molecular flexibility index (Phi) is 4.04. The average Bonchev–Trinajstić information content (AvgIpc) is 2.36. The maximum atomic E-state index is 11.6. The quantitative estimate of drug-likeness (QED) is 0.848. The Hall–Kier alpha value is -1.75. The molecule has 0 aromatic heterocycles. The topological polar surface area (TPSA) is 59.6 Å². The lowest BCUT2D eigenvalue weighted by atomic mass is 10.2. The molecule has 0 aliphatic carbocycles. The Bertz CT molecular complexity index is 432. The number of carbonyl (C=O) groups excluding carboxylic acids is 1. The molecule has 0 spiro atoms. The zero-order valence-corrected chi connectivity index (χ0v) is 10.7. The van der Waals surface area contributed by atoms with Crippen molar-refractivity contribution in [3.8, 4) is 11.5 Å². The van der Waals surface area contributed by atoms with Crippen LogP contribution >= 0.6 is 0 Å². The summed E-state index contributed by atoms with van der Waals surface area (Å²) in [6.45, 7) is 5.40. The zero-order chi connectivity index (χ0) is 13.0. The Morgan fingerprint density at radius 2 is 2.00 bits per heavy atom. The molecule has 1 aromatic carbocycles. The molecule has 1 aliphatic heterocycles. The normalized spacial score (nSPS) is 13.5. The monoisotopic (exact) mass is 250 g/mol. The van der Waals surface area contributed by atoms with Crippen molar-refractivity contribution in [1.29, 1.82) is 0 Å². The molecule has 5 heteroatoms. The highest BCUT2D eigenvalue weighted by Crippen LogP contribution is 2.32. The number of fused-ring (bicyclic) bond motifs is 1. The van der Waals surface area contributed by atoms with Gasteiger partial charge in [-0.05, 0) is 12.1 Å². The number of nitrogens with one attached hydrogen (secondary N) is 2. The molecule has 1 heterocycles. The van der Waals surface area contributed by atoms with Crippen LogP contribution in [0.4, 0.5) is 5.69 Å². The van der Waals surface area contributed by atoms with Gasteiger partial charge < -0.3 is 20.1 Å². The summed E-state index contributed by atoms with van der Waals surface area (Å²) in [5.74, 6) is 1.33. The highest BCUT2D eigenvalue weighted by Gasteiger charge is 2.12. The predicted octanol–water partition coefficient (Wildman–Crippen LogP) is 1.39. The Morgan fingerprint density at radius 3 is 2.72 bits per heavy atom. The Labute approximate surface area is 106 Å². The summed E-state index contributed by atoms with van der Waals surface area (Å²) < 4.78 is 10.9. The molecule has 2 N–H and O–H groups in total. The molecule has 0 radical (unpaired) electrons. The summed E-state index contributed by atoms with van der Waals surface area (Å²) in [6, 6.07) is 5.68. The molecular formula is C13H18N2O3. The molecule has 0 fully saturated rings. The van der Waals surface area contributed by atoms with E-state index >= 15 is 0 Å². The lowest BCUT2D eigenvalue weighted by molar-refractivity contribution is -0.115. The minimum Gasteiger partial charge on any atom is -0.486 e. The van der Waals surface area contributed by atoms with Gasteiger partial charge in [0.2, 0.25) is 5.91 Å². The second-order valence-corrected chi connectivity index (χ2v) is 4.44. The van der Waals surface area contributed by atoms with E-state index in [4.69, 9.17) is 9.47 Å². The van der Waals surface area contributed by atoms with Gasteiger partial charge in [0.1, 0.15) is 13.2 Å². The van der Waals surface area contributed by atoms with Gasteiger partial charge in [-0.2, -0.15) is 0 Å². The molecule has 98 valence electrons. The number of hydrogen-bond acceptors (Lipinski definition) is 4. The second kappa shape index (κ2) is 5.73. The fourth-order valence-electron chi connectivity index (χ4n) is 1.62. The lowest BCUT2D eigenvalue weighted by Crippen LogP contribution is -2.32. The molecule has 0 atom stereocenters. The first-order valence-corrected chi connectivity index (χ1v) is 6.08. The van der Waals surface area contributed by atoms with Gasteiger partial charge in [-0.15, -0.1) is 0 Å². The third-order valence-electron chi connectivity index (χ3n) is 2.50. The van der Waals surface area contributed by atoms with E-state index in [1.165, 1.54) is 0 Å². The molecule has 1 aromatic rings. The van der Waals surface area contributed by atoms with Gasteiger partial charge in [-0.1, -0.05) is 13.8 Å². The Morgan fingerprint density at radius 1 is 1.28 bits per heavy atom. The minimum absolute atomic E-state index is 0.0691. The van der Waals surface area contributed by atoms with E-state index in [0.29, 0.717) is 25.5 Å². The second-order valence-electron chi connectivity index (χ2n) is 4.44. The van der Waals surface area contributed by atoms with Crippen molar-refractivity contribution >= 4 is 11.6 Å². The molecule has 2 rings (SSSR count). The highest BCUT2D eigenvalue weighted by atomic mass is 16.6. The molecule has 1 aliphatic rings. The van der Waals surface area contributed by atoms with Crippen molar-refractivity contribution in [2.24, 2.45) is 0 Å². The van der Waals surface area contributed by atoms with E-state index in [1.807, 2.05) is 13.8 Å². The summed E-state index contributed by atoms with van der Waals surface area (Å²) in [7, 11) is 0. The summed E-state index contributed by atoms with van der Waals surface area (Å²) >= 11 is 0. The highest BCUT2D eigenvalue weighted by molar-refractivity contribution is 5.92. The van der Waals surface area contributed by atoms with Gasteiger partial charge in [0, 0.05) is 17.8 Å². The molecule has 18 heavy (non-hydrogen) atoms. The van der Waals surface area contributed by atoms with Crippen molar-refractivity contribution in [2.75, 3.05) is 25.1 Å². The van der Waals surface area contributed by atoms with Crippen LogP contribution in [0.3, 0.4) is 0 Å². The molecule has 0 bridgehead atoms. The molecule has 0 saturated carbocycles. The van der Waals surface area contributed by atoms with Crippen LogP contribution in [0.2, 0.25) is 0 Å². The van der Waals surface area contributed by atoms with Crippen LogP contribution in [0, 0.1) is 0 Å².